The number of hydrogen-bond acceptors (Lipinski definition) is 7. The quantitative estimate of drug-likeness (QED) is 0.0863. The molecule has 0 radical (unpaired) electrons. The predicted molar refractivity (Wildman–Crippen MR) is 248 cm³/mol. The van der Waals surface area contributed by atoms with Gasteiger partial charge in [-0.1, -0.05) is 166 Å². The maximum Gasteiger partial charge on any atom is 0.250 e. The number of hydrogen-bond donors (Lipinski definition) is 1. The van der Waals surface area contributed by atoms with E-state index in [2.05, 4.69) is 71.1 Å². The van der Waals surface area contributed by atoms with Crippen LogP contribution in [0.2, 0.25) is 18.1 Å². The topological polar surface area (TPSA) is 75.6 Å². The maximum absolute atomic E-state index is 13.4. The van der Waals surface area contributed by atoms with E-state index in [4.69, 9.17) is 28.1 Å². The normalized spacial score (nSPS) is 20.5. The Kier molecular flexibility index (Phi) is 14.9. The minimum Gasteiger partial charge on any atom is -0.544 e. The van der Waals surface area contributed by atoms with Gasteiger partial charge in [-0.3, -0.25) is 0 Å². The molecule has 7 rings (SSSR count). The fourth-order valence-corrected chi connectivity index (χ4v) is 8.54. The first-order chi connectivity index (χ1) is 29.9. The molecule has 1 aliphatic heterocycles. The van der Waals surface area contributed by atoms with Gasteiger partial charge in [-0.2, -0.15) is 0 Å². The third-order valence-corrected chi connectivity index (χ3v) is 16.6. The van der Waals surface area contributed by atoms with Crippen molar-refractivity contribution in [2.24, 2.45) is 0 Å². The van der Waals surface area contributed by atoms with Crippen LogP contribution < -0.4 is 4.43 Å². The Morgan fingerprint density at radius 3 is 1.58 bits per heavy atom. The SMILES string of the molecule is Cc1ccc(C2(O)O[C@H](COCc3ccccc3)[C@@H](OCc3ccccc3)C(OCc3ccccc3)[C@H]2OCc2ccccc2)cc1Cc1ccc(O[Si](C)(C)C(C)(C)C)cc1. The van der Waals surface area contributed by atoms with Gasteiger partial charge in [-0.25, -0.2) is 0 Å². The van der Waals surface area contributed by atoms with Crippen LogP contribution in [0.5, 0.6) is 5.75 Å². The van der Waals surface area contributed by atoms with E-state index in [0.29, 0.717) is 25.2 Å². The van der Waals surface area contributed by atoms with Crippen LogP contribution in [0.25, 0.3) is 0 Å². The van der Waals surface area contributed by atoms with Gasteiger partial charge in [0, 0.05) is 5.56 Å². The van der Waals surface area contributed by atoms with Crippen molar-refractivity contribution in [3.8, 4) is 5.75 Å². The molecule has 1 fully saturated rings. The summed E-state index contributed by atoms with van der Waals surface area (Å²) in [5.41, 5.74) is 7.83. The van der Waals surface area contributed by atoms with Gasteiger partial charge in [-0.05, 0) is 88.6 Å². The van der Waals surface area contributed by atoms with Gasteiger partial charge in [0.05, 0.1) is 33.0 Å². The third-order valence-electron chi connectivity index (χ3n) is 12.2. The van der Waals surface area contributed by atoms with E-state index in [1.807, 2.05) is 133 Å². The second-order valence-electron chi connectivity index (χ2n) is 17.9. The molecule has 0 saturated carbocycles. The molecule has 1 heterocycles. The average molecular weight is 851 g/mol. The summed E-state index contributed by atoms with van der Waals surface area (Å²) in [5, 5.41) is 13.5. The highest BCUT2D eigenvalue weighted by Crippen LogP contribution is 2.43. The fourth-order valence-electron chi connectivity index (χ4n) is 7.51. The molecular weight excluding hydrogens is 789 g/mol. The standard InChI is InChI=1S/C54H62O7Si/c1-40-27-30-47(34-46(40)33-41-28-31-48(32-29-41)61-62(5,6)53(2,3)4)54(55)52(59-38-45-25-17-10-18-26-45)51(58-37-44-23-15-9-16-24-44)50(57-36-43-21-13-8-14-22-43)49(60-54)39-56-35-42-19-11-7-12-20-42/h7-32,34,49-52,55H,33,35-39H2,1-6H3/t49-,50-,51?,52-,54?/m1/s1. The van der Waals surface area contributed by atoms with E-state index >= 15 is 0 Å². The van der Waals surface area contributed by atoms with Crippen molar-refractivity contribution in [2.45, 2.75) is 109 Å². The molecule has 5 atom stereocenters. The van der Waals surface area contributed by atoms with Gasteiger partial charge in [0.2, 0.25) is 14.1 Å². The Labute approximate surface area is 369 Å². The maximum atomic E-state index is 13.4. The molecule has 0 amide bonds. The molecule has 324 valence electrons. The molecule has 8 heteroatoms. The van der Waals surface area contributed by atoms with Crippen LogP contribution in [-0.2, 0) is 62.3 Å². The fraction of sp³-hybridized carbons (Fsp3) is 0.333. The first-order valence-electron chi connectivity index (χ1n) is 21.7. The number of aryl methyl sites for hydroxylation is 1. The van der Waals surface area contributed by atoms with Crippen LogP contribution in [0.1, 0.15) is 65.3 Å². The molecule has 7 nitrogen and oxygen atoms in total. The first kappa shape index (κ1) is 45.1. The summed E-state index contributed by atoms with van der Waals surface area (Å²) in [5.74, 6) is -1.08. The largest absolute Gasteiger partial charge is 0.544 e. The number of benzene rings is 6. The van der Waals surface area contributed by atoms with Crippen molar-refractivity contribution in [3.05, 3.63) is 208 Å². The van der Waals surface area contributed by atoms with Crippen LogP contribution >= 0.6 is 0 Å². The lowest BCUT2D eigenvalue weighted by Gasteiger charge is -2.50. The molecule has 0 bridgehead atoms. The zero-order valence-corrected chi connectivity index (χ0v) is 38.0. The van der Waals surface area contributed by atoms with E-state index in [0.717, 1.165) is 44.7 Å². The van der Waals surface area contributed by atoms with Crippen LogP contribution in [0.15, 0.2) is 164 Å². The van der Waals surface area contributed by atoms with Gasteiger partial charge in [0.1, 0.15) is 30.2 Å². The van der Waals surface area contributed by atoms with Crippen LogP contribution in [0.3, 0.4) is 0 Å². The number of ether oxygens (including phenoxy) is 5. The molecule has 0 aromatic heterocycles. The second-order valence-corrected chi connectivity index (χ2v) is 22.6. The monoisotopic (exact) mass is 850 g/mol. The van der Waals surface area contributed by atoms with Gasteiger partial charge in [0.25, 0.3) is 0 Å². The van der Waals surface area contributed by atoms with Crippen LogP contribution in [-0.4, -0.2) is 44.4 Å². The molecular formula is C54H62O7Si. The minimum absolute atomic E-state index is 0.0972. The van der Waals surface area contributed by atoms with Crippen molar-refractivity contribution in [1.82, 2.24) is 0 Å². The van der Waals surface area contributed by atoms with E-state index < -0.39 is 38.5 Å². The summed E-state index contributed by atoms with van der Waals surface area (Å²) in [7, 11) is -1.99. The molecule has 2 unspecified atom stereocenters. The van der Waals surface area contributed by atoms with Crippen molar-refractivity contribution in [1.29, 1.82) is 0 Å². The molecule has 1 saturated heterocycles. The molecule has 0 spiro atoms. The van der Waals surface area contributed by atoms with E-state index in [9.17, 15) is 5.11 Å². The lowest BCUT2D eigenvalue weighted by molar-refractivity contribution is -0.378. The molecule has 1 N–H and O–H groups in total. The zero-order chi connectivity index (χ0) is 43.6. The summed E-state index contributed by atoms with van der Waals surface area (Å²) >= 11 is 0. The van der Waals surface area contributed by atoms with Crippen LogP contribution in [0, 0.1) is 6.92 Å². The van der Waals surface area contributed by atoms with Crippen molar-refractivity contribution in [3.63, 3.8) is 0 Å². The predicted octanol–water partition coefficient (Wildman–Crippen LogP) is 11.5. The Hall–Kier alpha value is -4.90. The Bertz CT molecular complexity index is 2260. The zero-order valence-electron chi connectivity index (χ0n) is 37.0. The van der Waals surface area contributed by atoms with Gasteiger partial charge < -0.3 is 33.2 Å². The van der Waals surface area contributed by atoms with E-state index in [-0.39, 0.29) is 24.9 Å². The minimum atomic E-state index is -1.99. The van der Waals surface area contributed by atoms with Gasteiger partial charge in [0.15, 0.2) is 0 Å². The molecule has 6 aromatic rings. The molecule has 0 aliphatic carbocycles. The molecule has 1 aliphatic rings. The summed E-state index contributed by atoms with van der Waals surface area (Å²) in [6.07, 6.45) is -2.59. The van der Waals surface area contributed by atoms with E-state index in [1.54, 1.807) is 0 Å². The van der Waals surface area contributed by atoms with E-state index in [1.165, 1.54) is 0 Å². The highest BCUT2D eigenvalue weighted by molar-refractivity contribution is 6.74. The summed E-state index contributed by atoms with van der Waals surface area (Å²) in [6.45, 7) is 14.7. The number of rotatable bonds is 18. The lowest BCUT2D eigenvalue weighted by atomic mass is 9.85. The molecule has 62 heavy (non-hydrogen) atoms. The smallest absolute Gasteiger partial charge is 0.250 e. The highest BCUT2D eigenvalue weighted by Gasteiger charge is 2.57. The molecule has 6 aromatic carbocycles. The summed E-state index contributed by atoms with van der Waals surface area (Å²) < 4.78 is 40.7. The van der Waals surface area contributed by atoms with Gasteiger partial charge >= 0.3 is 0 Å². The summed E-state index contributed by atoms with van der Waals surface area (Å²) in [4.78, 5) is 0. The first-order valence-corrected chi connectivity index (χ1v) is 24.7. The number of aliphatic hydroxyl groups is 1. The van der Waals surface area contributed by atoms with Crippen molar-refractivity contribution >= 4 is 8.32 Å². The van der Waals surface area contributed by atoms with Gasteiger partial charge in [-0.15, -0.1) is 0 Å². The Morgan fingerprint density at radius 2 is 1.06 bits per heavy atom. The summed E-state index contributed by atoms with van der Waals surface area (Å²) in [6, 6.07) is 54.6. The second kappa shape index (κ2) is 20.5. The van der Waals surface area contributed by atoms with Crippen LogP contribution in [0.4, 0.5) is 0 Å². The highest BCUT2D eigenvalue weighted by atomic mass is 28.4. The van der Waals surface area contributed by atoms with Crippen molar-refractivity contribution < 1.29 is 33.2 Å². The van der Waals surface area contributed by atoms with Crippen molar-refractivity contribution in [2.75, 3.05) is 6.61 Å². The lowest BCUT2D eigenvalue weighted by Crippen LogP contribution is -2.65. The Morgan fingerprint density at radius 1 is 0.581 bits per heavy atom. The average Bonchev–Trinajstić information content (AvgIpc) is 3.27. The third kappa shape index (κ3) is 11.6. The Balaban J connectivity index is 1.26.